The van der Waals surface area contributed by atoms with Crippen LogP contribution in [0.15, 0.2) is 35.9 Å². The lowest BCUT2D eigenvalue weighted by atomic mass is 10.1. The van der Waals surface area contributed by atoms with E-state index in [1.54, 1.807) is 0 Å². The summed E-state index contributed by atoms with van der Waals surface area (Å²) in [6, 6.07) is 8.37. The lowest BCUT2D eigenvalue weighted by Gasteiger charge is -1.98. The van der Waals surface area contributed by atoms with Crippen LogP contribution in [0, 0.1) is 0 Å². The Morgan fingerprint density at radius 1 is 1.39 bits per heavy atom. The number of rotatable bonds is 3. The van der Waals surface area contributed by atoms with Crippen LogP contribution in [0.4, 0.5) is 0 Å². The fraction of sp³-hybridized carbons (Fsp3) is 0.400. The number of allylic oxidation sites excluding steroid dienone is 1. The minimum Gasteiger partial charge on any atom is -0.389 e. The first kappa shape index (κ1) is 11.5. The molecule has 1 aliphatic rings. The smallest absolute Gasteiger partial charge is 0.0743 e. The number of para-hydroxylation sites is 1. The van der Waals surface area contributed by atoms with Crippen molar-refractivity contribution in [1.29, 1.82) is 0 Å². The molecule has 1 unspecified atom stereocenters. The Morgan fingerprint density at radius 2 is 2.22 bits per heavy atom. The second-order valence-electron chi connectivity index (χ2n) is 4.89. The van der Waals surface area contributed by atoms with Gasteiger partial charge in [-0.05, 0) is 25.8 Å². The third-order valence-electron chi connectivity index (χ3n) is 3.62. The van der Waals surface area contributed by atoms with Crippen LogP contribution in [0.2, 0.25) is 0 Å². The molecule has 0 saturated heterocycles. The van der Waals surface area contributed by atoms with Crippen LogP contribution in [0.25, 0.3) is 10.9 Å². The maximum Gasteiger partial charge on any atom is 0.0743 e. The van der Waals surface area contributed by atoms with Gasteiger partial charge in [-0.2, -0.15) is 5.10 Å². The first-order valence-electron chi connectivity index (χ1n) is 6.60. The summed E-state index contributed by atoms with van der Waals surface area (Å²) in [6.07, 6.45) is 4.46. The zero-order valence-electron chi connectivity index (χ0n) is 10.6. The number of benzene rings is 1. The van der Waals surface area contributed by atoms with Gasteiger partial charge in [0.1, 0.15) is 0 Å². The Hall–Kier alpha value is -1.61. The van der Waals surface area contributed by atoms with Crippen molar-refractivity contribution in [2.75, 3.05) is 0 Å². The molecule has 1 heterocycles. The van der Waals surface area contributed by atoms with E-state index < -0.39 is 0 Å². The Bertz CT molecular complexity index is 598. The minimum atomic E-state index is -0.250. The van der Waals surface area contributed by atoms with Crippen LogP contribution < -0.4 is 0 Å². The quantitative estimate of drug-likeness (QED) is 0.840. The van der Waals surface area contributed by atoms with E-state index >= 15 is 0 Å². The summed E-state index contributed by atoms with van der Waals surface area (Å²) in [5.74, 6) is 0. The summed E-state index contributed by atoms with van der Waals surface area (Å²) in [5, 5.41) is 15.5. The van der Waals surface area contributed by atoms with E-state index in [2.05, 4.69) is 35.9 Å². The number of aromatic nitrogens is 2. The van der Waals surface area contributed by atoms with Crippen molar-refractivity contribution in [3.8, 4) is 0 Å². The van der Waals surface area contributed by atoms with Crippen molar-refractivity contribution in [1.82, 2.24) is 9.78 Å². The van der Waals surface area contributed by atoms with Gasteiger partial charge in [0, 0.05) is 18.4 Å². The van der Waals surface area contributed by atoms with Gasteiger partial charge in [0.15, 0.2) is 0 Å². The fourth-order valence-corrected chi connectivity index (χ4v) is 2.70. The Morgan fingerprint density at radius 3 is 2.94 bits per heavy atom. The lowest BCUT2D eigenvalue weighted by Crippen LogP contribution is -1.97. The Balaban J connectivity index is 1.99. The molecule has 0 saturated carbocycles. The molecule has 3 nitrogen and oxygen atoms in total. The molecule has 1 N–H and O–H groups in total. The number of hydrogen-bond donors (Lipinski definition) is 1. The molecule has 0 bridgehead atoms. The molecule has 3 heteroatoms. The van der Waals surface area contributed by atoms with E-state index in [1.165, 1.54) is 16.5 Å². The molecule has 0 radical (unpaired) electrons. The zero-order valence-corrected chi connectivity index (χ0v) is 10.6. The van der Waals surface area contributed by atoms with Gasteiger partial charge in [0.05, 0.1) is 17.3 Å². The Labute approximate surface area is 107 Å². The molecule has 1 aromatic heterocycles. The van der Waals surface area contributed by atoms with E-state index in [-0.39, 0.29) is 6.10 Å². The highest BCUT2D eigenvalue weighted by molar-refractivity contribution is 5.82. The van der Waals surface area contributed by atoms with Crippen molar-refractivity contribution in [3.63, 3.8) is 0 Å². The summed E-state index contributed by atoms with van der Waals surface area (Å²) in [4.78, 5) is 0. The molecule has 1 aliphatic carbocycles. The van der Waals surface area contributed by atoms with Crippen molar-refractivity contribution < 1.29 is 5.11 Å². The van der Waals surface area contributed by atoms with Gasteiger partial charge in [-0.15, -0.1) is 0 Å². The Kier molecular flexibility index (Phi) is 2.92. The predicted octanol–water partition coefficient (Wildman–Crippen LogP) is 2.68. The average Bonchev–Trinajstić information content (AvgIpc) is 2.95. The number of nitrogens with zero attached hydrogens (tertiary/aromatic N) is 2. The second-order valence-corrected chi connectivity index (χ2v) is 4.89. The molecule has 18 heavy (non-hydrogen) atoms. The maximum absolute atomic E-state index is 9.54. The second kappa shape index (κ2) is 4.58. The van der Waals surface area contributed by atoms with Gasteiger partial charge < -0.3 is 5.11 Å². The van der Waals surface area contributed by atoms with Crippen LogP contribution in [0.1, 0.15) is 25.5 Å². The summed E-state index contributed by atoms with van der Waals surface area (Å²) in [6.45, 7) is 3.00. The highest BCUT2D eigenvalue weighted by Crippen LogP contribution is 2.26. The van der Waals surface area contributed by atoms with E-state index in [9.17, 15) is 5.11 Å². The fourth-order valence-electron chi connectivity index (χ4n) is 2.70. The van der Waals surface area contributed by atoms with Crippen LogP contribution in [0.5, 0.6) is 0 Å². The number of aryl methyl sites for hydroxylation is 1. The SMILES string of the molecule is CCn1nc(CC2=CC(O)CC2)c2ccccc21. The molecule has 0 spiro atoms. The first-order chi connectivity index (χ1) is 8.78. The largest absolute Gasteiger partial charge is 0.389 e. The third kappa shape index (κ3) is 1.95. The van der Waals surface area contributed by atoms with Crippen molar-refractivity contribution in [2.24, 2.45) is 0 Å². The van der Waals surface area contributed by atoms with E-state index in [0.717, 1.165) is 31.5 Å². The van der Waals surface area contributed by atoms with Crippen molar-refractivity contribution >= 4 is 10.9 Å². The van der Waals surface area contributed by atoms with Crippen LogP contribution in [0.3, 0.4) is 0 Å². The van der Waals surface area contributed by atoms with Crippen molar-refractivity contribution in [2.45, 2.75) is 38.8 Å². The molecule has 1 aromatic carbocycles. The normalized spacial score (nSPS) is 19.4. The van der Waals surface area contributed by atoms with Gasteiger partial charge in [-0.3, -0.25) is 4.68 Å². The number of hydrogen-bond acceptors (Lipinski definition) is 2. The lowest BCUT2D eigenvalue weighted by molar-refractivity contribution is 0.223. The standard InChI is InChI=1S/C15H18N2O/c1-2-17-15-6-4-3-5-13(15)14(16-17)10-11-7-8-12(18)9-11/h3-6,9,12,18H,2,7-8,10H2,1H3. The minimum absolute atomic E-state index is 0.250. The molecule has 0 fully saturated rings. The monoisotopic (exact) mass is 242 g/mol. The third-order valence-corrected chi connectivity index (χ3v) is 3.62. The van der Waals surface area contributed by atoms with E-state index in [4.69, 9.17) is 5.10 Å². The molecule has 0 amide bonds. The first-order valence-corrected chi connectivity index (χ1v) is 6.60. The summed E-state index contributed by atoms with van der Waals surface area (Å²) < 4.78 is 2.05. The van der Waals surface area contributed by atoms with Gasteiger partial charge in [-0.1, -0.05) is 29.8 Å². The zero-order chi connectivity index (χ0) is 12.5. The average molecular weight is 242 g/mol. The maximum atomic E-state index is 9.54. The molecule has 1 atom stereocenters. The van der Waals surface area contributed by atoms with Gasteiger partial charge in [-0.25, -0.2) is 0 Å². The van der Waals surface area contributed by atoms with Gasteiger partial charge in [0.2, 0.25) is 0 Å². The molecular weight excluding hydrogens is 224 g/mol. The molecule has 2 aromatic rings. The molecule has 0 aliphatic heterocycles. The molecule has 3 rings (SSSR count). The predicted molar refractivity (Wildman–Crippen MR) is 72.4 cm³/mol. The number of aliphatic hydroxyl groups is 1. The van der Waals surface area contributed by atoms with Gasteiger partial charge in [0.25, 0.3) is 0 Å². The van der Waals surface area contributed by atoms with Gasteiger partial charge >= 0.3 is 0 Å². The summed E-state index contributed by atoms with van der Waals surface area (Å²) >= 11 is 0. The summed E-state index contributed by atoms with van der Waals surface area (Å²) in [5.41, 5.74) is 3.65. The van der Waals surface area contributed by atoms with E-state index in [1.807, 2.05) is 6.08 Å². The number of aliphatic hydroxyl groups excluding tert-OH is 1. The van der Waals surface area contributed by atoms with Crippen LogP contribution in [-0.4, -0.2) is 21.0 Å². The molecule has 94 valence electrons. The summed E-state index contributed by atoms with van der Waals surface area (Å²) in [7, 11) is 0. The highest BCUT2D eigenvalue weighted by atomic mass is 16.3. The van der Waals surface area contributed by atoms with Crippen molar-refractivity contribution in [3.05, 3.63) is 41.6 Å². The van der Waals surface area contributed by atoms with E-state index in [0.29, 0.717) is 0 Å². The van der Waals surface area contributed by atoms with Crippen LogP contribution in [-0.2, 0) is 13.0 Å². The highest BCUT2D eigenvalue weighted by Gasteiger charge is 2.16. The molecular formula is C15H18N2O. The topological polar surface area (TPSA) is 38.0 Å². The number of fused-ring (bicyclic) bond motifs is 1. The van der Waals surface area contributed by atoms with Crippen LogP contribution >= 0.6 is 0 Å².